The Labute approximate surface area is 235 Å². The fourth-order valence-corrected chi connectivity index (χ4v) is 4.46. The van der Waals surface area contributed by atoms with Gasteiger partial charge in [-0.05, 0) is 46.3 Å². The number of para-hydroxylation sites is 1. The van der Waals surface area contributed by atoms with E-state index < -0.39 is 0 Å². The van der Waals surface area contributed by atoms with Crippen LogP contribution in [0.25, 0.3) is 38.2 Å². The summed E-state index contributed by atoms with van der Waals surface area (Å²) in [5, 5.41) is 6.22. The van der Waals surface area contributed by atoms with Crippen LogP contribution in [0, 0.1) is 18.7 Å². The monoisotopic (exact) mass is 676 g/mol. The van der Waals surface area contributed by atoms with E-state index in [2.05, 4.69) is 71.7 Å². The van der Waals surface area contributed by atoms with Gasteiger partial charge in [0.05, 0.1) is 0 Å². The maximum Gasteiger partial charge on any atom is 2.00 e. The Morgan fingerprint density at radius 1 is 0.921 bits per heavy atom. The van der Waals surface area contributed by atoms with Crippen LogP contribution in [0.5, 0.6) is 11.5 Å². The molecule has 0 saturated heterocycles. The molecular weight excluding hydrogens is 653 g/mol. The Hall–Kier alpha value is -4.20. The molecule has 0 bridgehead atoms. The standard InChI is InChI=1S/C31H23N5O.Pt/c1-31(2,3)21-13-15-33-30(17-21)36-27-12-6-5-11-24(27)25-19-26(32-4)29(20-28(25)36)37-23-10-7-9-22(18-23)35-16-8-14-34-35;/h5-17,19H,1-3H3;/q-2;+2. The van der Waals surface area contributed by atoms with Crippen LogP contribution in [0.4, 0.5) is 5.69 Å². The molecule has 6 aromatic rings. The largest absolute Gasteiger partial charge is 2.00 e. The van der Waals surface area contributed by atoms with E-state index in [0.717, 1.165) is 33.3 Å². The van der Waals surface area contributed by atoms with E-state index in [-0.39, 0.29) is 26.5 Å². The molecular formula is C31H23N5OPt. The van der Waals surface area contributed by atoms with Gasteiger partial charge in [-0.15, -0.1) is 24.3 Å². The first-order chi connectivity index (χ1) is 17.9. The number of hydrogen-bond acceptors (Lipinski definition) is 3. The molecule has 0 saturated carbocycles. The number of fused-ring (bicyclic) bond motifs is 3. The van der Waals surface area contributed by atoms with Crippen molar-refractivity contribution in [2.75, 3.05) is 0 Å². The zero-order valence-corrected chi connectivity index (χ0v) is 23.3. The molecule has 0 aliphatic carbocycles. The van der Waals surface area contributed by atoms with Crippen LogP contribution in [-0.4, -0.2) is 19.3 Å². The van der Waals surface area contributed by atoms with Gasteiger partial charge in [0.25, 0.3) is 0 Å². The van der Waals surface area contributed by atoms with E-state index in [4.69, 9.17) is 16.3 Å². The van der Waals surface area contributed by atoms with Crippen LogP contribution in [0.1, 0.15) is 26.3 Å². The molecule has 38 heavy (non-hydrogen) atoms. The second kappa shape index (κ2) is 9.93. The third-order valence-corrected chi connectivity index (χ3v) is 6.34. The number of ether oxygens (including phenoxy) is 1. The minimum absolute atomic E-state index is 0. The van der Waals surface area contributed by atoms with E-state index >= 15 is 0 Å². The summed E-state index contributed by atoms with van der Waals surface area (Å²) < 4.78 is 10.0. The summed E-state index contributed by atoms with van der Waals surface area (Å²) in [6.45, 7) is 14.4. The molecule has 0 N–H and O–H groups in total. The van der Waals surface area contributed by atoms with Gasteiger partial charge in [-0.2, -0.15) is 11.2 Å². The van der Waals surface area contributed by atoms with Gasteiger partial charge >= 0.3 is 21.1 Å². The number of pyridine rings is 1. The average molecular weight is 677 g/mol. The third kappa shape index (κ3) is 4.51. The predicted octanol–water partition coefficient (Wildman–Crippen LogP) is 7.60. The predicted molar refractivity (Wildman–Crippen MR) is 145 cm³/mol. The van der Waals surface area contributed by atoms with Crippen LogP contribution in [0.2, 0.25) is 0 Å². The van der Waals surface area contributed by atoms with Crippen LogP contribution in [0.3, 0.4) is 0 Å². The number of rotatable bonds is 4. The first kappa shape index (κ1) is 25.4. The van der Waals surface area contributed by atoms with Crippen molar-refractivity contribution in [3.8, 4) is 23.0 Å². The third-order valence-electron chi connectivity index (χ3n) is 6.34. The van der Waals surface area contributed by atoms with Gasteiger partial charge < -0.3 is 9.30 Å². The molecule has 6 nitrogen and oxygen atoms in total. The van der Waals surface area contributed by atoms with Crippen LogP contribution in [-0.2, 0) is 26.5 Å². The fourth-order valence-electron chi connectivity index (χ4n) is 4.46. The molecule has 0 amide bonds. The van der Waals surface area contributed by atoms with Gasteiger partial charge in [0.1, 0.15) is 18.1 Å². The number of benzene rings is 3. The van der Waals surface area contributed by atoms with Gasteiger partial charge in [-0.25, -0.2) is 9.83 Å². The Morgan fingerprint density at radius 2 is 1.76 bits per heavy atom. The molecule has 3 heterocycles. The number of nitrogens with zero attached hydrogens (tertiary/aromatic N) is 5. The van der Waals surface area contributed by atoms with Crippen molar-refractivity contribution in [2.24, 2.45) is 0 Å². The molecule has 0 unspecified atom stereocenters. The molecule has 7 heteroatoms. The van der Waals surface area contributed by atoms with Gasteiger partial charge in [0, 0.05) is 29.9 Å². The summed E-state index contributed by atoms with van der Waals surface area (Å²) in [6, 6.07) is 28.2. The first-order valence-electron chi connectivity index (χ1n) is 12.0. The topological polar surface area (TPSA) is 49.2 Å². The summed E-state index contributed by atoms with van der Waals surface area (Å²) in [5.41, 5.74) is 4.07. The van der Waals surface area contributed by atoms with Crippen molar-refractivity contribution >= 4 is 27.5 Å². The Balaban J connectivity index is 0.00000294. The Kier molecular flexibility index (Phi) is 6.65. The zero-order valence-electron chi connectivity index (χ0n) is 21.0. The summed E-state index contributed by atoms with van der Waals surface area (Å²) in [6.07, 6.45) is 5.40. The molecule has 0 spiro atoms. The first-order valence-corrected chi connectivity index (χ1v) is 12.0. The smallest absolute Gasteiger partial charge is 0.501 e. The van der Waals surface area contributed by atoms with Gasteiger partial charge in [0.2, 0.25) is 5.69 Å². The van der Waals surface area contributed by atoms with Crippen LogP contribution < -0.4 is 4.74 Å². The molecule has 0 fully saturated rings. The number of hydrogen-bond donors (Lipinski definition) is 0. The SMILES string of the molecule is [C-]#[N+]c1cc2c3ccccc3n(-c3cc(C(C)(C)C)ccn3)c2[c-]c1Oc1[c-]c(-n2cccn2)ccc1.[Pt+2]. The van der Waals surface area contributed by atoms with Crippen molar-refractivity contribution in [2.45, 2.75) is 26.2 Å². The fraction of sp³-hybridized carbons (Fsp3) is 0.129. The minimum atomic E-state index is -0.0267. The average Bonchev–Trinajstić information content (AvgIpc) is 3.55. The quantitative estimate of drug-likeness (QED) is 0.181. The van der Waals surface area contributed by atoms with Crippen molar-refractivity contribution < 1.29 is 25.8 Å². The van der Waals surface area contributed by atoms with Crippen molar-refractivity contribution in [1.82, 2.24) is 19.3 Å². The molecule has 0 atom stereocenters. The Bertz CT molecular complexity index is 1810. The van der Waals surface area contributed by atoms with Crippen molar-refractivity contribution in [3.05, 3.63) is 114 Å². The van der Waals surface area contributed by atoms with Crippen LogP contribution in [0.15, 0.2) is 85.3 Å². The van der Waals surface area contributed by atoms with E-state index in [0.29, 0.717) is 17.2 Å². The van der Waals surface area contributed by atoms with Crippen LogP contribution >= 0.6 is 0 Å². The molecule has 0 aliphatic rings. The molecule has 0 radical (unpaired) electrons. The van der Waals surface area contributed by atoms with Crippen molar-refractivity contribution in [3.63, 3.8) is 0 Å². The van der Waals surface area contributed by atoms with Gasteiger partial charge in [-0.1, -0.05) is 55.9 Å². The molecule has 6 rings (SSSR count). The normalized spacial score (nSPS) is 11.3. The maximum absolute atomic E-state index is 7.84. The van der Waals surface area contributed by atoms with Crippen molar-refractivity contribution in [1.29, 1.82) is 0 Å². The summed E-state index contributed by atoms with van der Waals surface area (Å²) in [5.74, 6) is 1.61. The molecule has 0 aliphatic heterocycles. The maximum atomic E-state index is 7.84. The second-order valence-electron chi connectivity index (χ2n) is 9.82. The summed E-state index contributed by atoms with van der Waals surface area (Å²) in [7, 11) is 0. The molecule has 3 aromatic carbocycles. The summed E-state index contributed by atoms with van der Waals surface area (Å²) in [4.78, 5) is 8.48. The van der Waals surface area contributed by atoms with E-state index in [1.807, 2.05) is 54.9 Å². The van der Waals surface area contributed by atoms with E-state index in [9.17, 15) is 0 Å². The van der Waals surface area contributed by atoms with E-state index in [1.54, 1.807) is 10.9 Å². The van der Waals surface area contributed by atoms with Gasteiger partial charge in [-0.3, -0.25) is 4.68 Å². The number of aromatic nitrogens is 4. The van der Waals surface area contributed by atoms with Gasteiger partial charge in [0.15, 0.2) is 0 Å². The minimum Gasteiger partial charge on any atom is -0.501 e. The zero-order chi connectivity index (χ0) is 25.6. The summed E-state index contributed by atoms with van der Waals surface area (Å²) >= 11 is 0. The Morgan fingerprint density at radius 3 is 2.53 bits per heavy atom. The van der Waals surface area contributed by atoms with E-state index in [1.165, 1.54) is 5.56 Å². The molecule has 3 aromatic heterocycles. The second-order valence-corrected chi connectivity index (χ2v) is 9.82. The molecule has 188 valence electrons.